The molecule has 0 fully saturated rings. The molecule has 5 N–H and O–H groups in total. The molecule has 0 aromatic rings. The van der Waals surface area contributed by atoms with E-state index in [1.165, 1.54) is 0 Å². The van der Waals surface area contributed by atoms with Crippen LogP contribution in [0.15, 0.2) is 0 Å². The molecule has 0 bridgehead atoms. The van der Waals surface area contributed by atoms with E-state index in [0.717, 1.165) is 0 Å². The Hall–Kier alpha value is -0.170. The SMILES string of the molecule is NCNS(N)(=O)=O. The first-order valence-electron chi connectivity index (χ1n) is 1.53. The first kappa shape index (κ1) is 6.83. The van der Waals surface area contributed by atoms with Gasteiger partial charge in [0.25, 0.3) is 10.2 Å². The molecular weight excluding hydrogens is 118 g/mol. The van der Waals surface area contributed by atoms with E-state index in [-0.39, 0.29) is 6.67 Å². The van der Waals surface area contributed by atoms with E-state index in [1.54, 1.807) is 0 Å². The van der Waals surface area contributed by atoms with Crippen LogP contribution in [0.3, 0.4) is 0 Å². The Morgan fingerprint density at radius 1 is 1.57 bits per heavy atom. The Balaban J connectivity index is 3.60. The summed E-state index contributed by atoms with van der Waals surface area (Å²) in [5.74, 6) is 0. The molecule has 0 unspecified atom stereocenters. The Bertz CT molecular complexity index is 126. The lowest BCUT2D eigenvalue weighted by molar-refractivity contribution is 0.584. The van der Waals surface area contributed by atoms with Gasteiger partial charge in [0.15, 0.2) is 0 Å². The highest BCUT2D eigenvalue weighted by molar-refractivity contribution is 7.87. The summed E-state index contributed by atoms with van der Waals surface area (Å²) in [4.78, 5) is 0. The van der Waals surface area contributed by atoms with Gasteiger partial charge in [-0.05, 0) is 0 Å². The van der Waals surface area contributed by atoms with Gasteiger partial charge in [0.1, 0.15) is 0 Å². The lowest BCUT2D eigenvalue weighted by Crippen LogP contribution is -2.34. The molecule has 5 nitrogen and oxygen atoms in total. The zero-order chi connectivity index (χ0) is 5.91. The van der Waals surface area contributed by atoms with Crippen molar-refractivity contribution in [1.29, 1.82) is 0 Å². The maximum atomic E-state index is 9.82. The lowest BCUT2D eigenvalue weighted by atomic mass is 11.3. The lowest BCUT2D eigenvalue weighted by Gasteiger charge is -1.91. The van der Waals surface area contributed by atoms with Gasteiger partial charge in [-0.3, -0.25) is 0 Å². The minimum atomic E-state index is -3.55. The molecule has 7 heavy (non-hydrogen) atoms. The van der Waals surface area contributed by atoms with Gasteiger partial charge in [-0.2, -0.15) is 13.1 Å². The molecule has 0 radical (unpaired) electrons. The monoisotopic (exact) mass is 125 g/mol. The number of hydrogen-bond acceptors (Lipinski definition) is 3. The average Bonchev–Trinajstić information content (AvgIpc) is 1.30. The van der Waals surface area contributed by atoms with Gasteiger partial charge in [0.05, 0.1) is 6.67 Å². The predicted molar refractivity (Wildman–Crippen MR) is 25.3 cm³/mol. The van der Waals surface area contributed by atoms with Crippen molar-refractivity contribution in [2.75, 3.05) is 6.67 Å². The van der Waals surface area contributed by atoms with Crippen LogP contribution in [0.25, 0.3) is 0 Å². The van der Waals surface area contributed by atoms with Crippen molar-refractivity contribution in [2.45, 2.75) is 0 Å². The zero-order valence-corrected chi connectivity index (χ0v) is 4.40. The van der Waals surface area contributed by atoms with Gasteiger partial charge in [0.2, 0.25) is 0 Å². The molecule has 6 heteroatoms. The summed E-state index contributed by atoms with van der Waals surface area (Å²) >= 11 is 0. The molecule has 0 spiro atoms. The second-order valence-electron chi connectivity index (χ2n) is 0.893. The van der Waals surface area contributed by atoms with Crippen LogP contribution < -0.4 is 15.6 Å². The van der Waals surface area contributed by atoms with Gasteiger partial charge < -0.3 is 5.73 Å². The molecule has 0 aliphatic carbocycles. The quantitative estimate of drug-likeness (QED) is 0.362. The van der Waals surface area contributed by atoms with E-state index in [9.17, 15) is 8.42 Å². The van der Waals surface area contributed by atoms with Crippen molar-refractivity contribution in [2.24, 2.45) is 10.9 Å². The fourth-order valence-corrected chi connectivity index (χ4v) is 0.348. The van der Waals surface area contributed by atoms with Gasteiger partial charge in [0, 0.05) is 0 Å². The average molecular weight is 125 g/mol. The smallest absolute Gasteiger partial charge is 0.275 e. The van der Waals surface area contributed by atoms with Crippen LogP contribution in [-0.4, -0.2) is 15.1 Å². The number of hydrogen-bond donors (Lipinski definition) is 3. The van der Waals surface area contributed by atoms with E-state index >= 15 is 0 Å². The summed E-state index contributed by atoms with van der Waals surface area (Å²) < 4.78 is 21.4. The maximum Gasteiger partial charge on any atom is 0.275 e. The molecule has 0 rings (SSSR count). The topological polar surface area (TPSA) is 98.2 Å². The van der Waals surface area contributed by atoms with E-state index in [1.807, 2.05) is 4.72 Å². The Morgan fingerprint density at radius 2 is 2.00 bits per heavy atom. The highest BCUT2D eigenvalue weighted by Crippen LogP contribution is 1.56. The summed E-state index contributed by atoms with van der Waals surface area (Å²) in [5, 5.41) is 4.43. The predicted octanol–water partition coefficient (Wildman–Crippen LogP) is -2.30. The van der Waals surface area contributed by atoms with Crippen molar-refractivity contribution in [1.82, 2.24) is 4.72 Å². The van der Waals surface area contributed by atoms with Crippen LogP contribution >= 0.6 is 0 Å². The molecule has 0 aromatic heterocycles. The van der Waals surface area contributed by atoms with Crippen molar-refractivity contribution in [3.05, 3.63) is 0 Å². The minimum absolute atomic E-state index is 0.154. The molecule has 0 amide bonds. The van der Waals surface area contributed by atoms with E-state index < -0.39 is 10.2 Å². The molecule has 0 heterocycles. The fraction of sp³-hybridized carbons (Fsp3) is 1.00. The molecule has 0 atom stereocenters. The standard InChI is InChI=1S/CH7N3O2S/c2-1-4-7(3,5)6/h4H,1-2H2,(H2,3,5,6). The van der Waals surface area contributed by atoms with Gasteiger partial charge >= 0.3 is 0 Å². The summed E-state index contributed by atoms with van der Waals surface area (Å²) in [6.45, 7) is -0.154. The van der Waals surface area contributed by atoms with Crippen LogP contribution in [0, 0.1) is 0 Å². The van der Waals surface area contributed by atoms with Crippen molar-refractivity contribution >= 4 is 10.2 Å². The zero-order valence-electron chi connectivity index (χ0n) is 3.59. The van der Waals surface area contributed by atoms with Crippen molar-refractivity contribution in [3.8, 4) is 0 Å². The molecule has 0 aliphatic heterocycles. The first-order valence-corrected chi connectivity index (χ1v) is 3.08. The largest absolute Gasteiger partial charge is 0.318 e. The van der Waals surface area contributed by atoms with Crippen molar-refractivity contribution < 1.29 is 8.42 Å². The summed E-state index contributed by atoms with van der Waals surface area (Å²) in [6.07, 6.45) is 0. The second kappa shape index (κ2) is 2.22. The summed E-state index contributed by atoms with van der Waals surface area (Å²) in [7, 11) is -3.55. The highest BCUT2D eigenvalue weighted by Gasteiger charge is 1.93. The van der Waals surface area contributed by atoms with Crippen LogP contribution in [0.2, 0.25) is 0 Å². The van der Waals surface area contributed by atoms with Crippen molar-refractivity contribution in [3.63, 3.8) is 0 Å². The Morgan fingerprint density at radius 3 is 2.00 bits per heavy atom. The fourth-order valence-electron chi connectivity index (χ4n) is 0.116. The van der Waals surface area contributed by atoms with E-state index in [4.69, 9.17) is 5.73 Å². The first-order chi connectivity index (χ1) is 3.06. The number of nitrogens with two attached hydrogens (primary N) is 2. The summed E-state index contributed by atoms with van der Waals surface area (Å²) in [5.41, 5.74) is 4.74. The van der Waals surface area contributed by atoms with Crippen LogP contribution in [0.1, 0.15) is 0 Å². The van der Waals surface area contributed by atoms with Crippen LogP contribution in [0.5, 0.6) is 0 Å². The molecule has 0 saturated heterocycles. The van der Waals surface area contributed by atoms with Gasteiger partial charge in [-0.25, -0.2) is 5.14 Å². The van der Waals surface area contributed by atoms with Crippen LogP contribution in [-0.2, 0) is 10.2 Å². The molecule has 0 aromatic carbocycles. The third-order valence-electron chi connectivity index (χ3n) is 0.285. The third-order valence-corrected chi connectivity index (χ3v) is 0.854. The number of rotatable bonds is 2. The number of nitrogens with one attached hydrogen (secondary N) is 1. The summed E-state index contributed by atoms with van der Waals surface area (Å²) in [6, 6.07) is 0. The molecule has 44 valence electrons. The van der Waals surface area contributed by atoms with E-state index in [2.05, 4.69) is 5.14 Å². The van der Waals surface area contributed by atoms with Crippen LogP contribution in [0.4, 0.5) is 0 Å². The molecule has 0 saturated carbocycles. The normalized spacial score (nSPS) is 11.7. The maximum absolute atomic E-state index is 9.82. The van der Waals surface area contributed by atoms with E-state index in [0.29, 0.717) is 0 Å². The second-order valence-corrected chi connectivity index (χ2v) is 2.27. The molecule has 0 aliphatic rings. The Kier molecular flexibility index (Phi) is 2.16. The minimum Gasteiger partial charge on any atom is -0.318 e. The third kappa shape index (κ3) is 5.83. The molecular formula is CH7N3O2S. The highest BCUT2D eigenvalue weighted by atomic mass is 32.2. The van der Waals surface area contributed by atoms with Gasteiger partial charge in [-0.1, -0.05) is 0 Å². The van der Waals surface area contributed by atoms with Gasteiger partial charge in [-0.15, -0.1) is 0 Å². The Labute approximate surface area is 41.9 Å².